The molecule has 1 amide bonds. The first-order valence-electron chi connectivity index (χ1n) is 8.91. The van der Waals surface area contributed by atoms with E-state index in [2.05, 4.69) is 24.0 Å². The number of carbonyl (C=O) groups excluding carboxylic acids is 1. The zero-order chi connectivity index (χ0) is 19.0. The Balaban J connectivity index is 1.55. The number of aromatic nitrogens is 2. The average Bonchev–Trinajstić information content (AvgIpc) is 3.31. The number of ether oxygens (including phenoxy) is 1. The van der Waals surface area contributed by atoms with Crippen molar-refractivity contribution in [3.8, 4) is 17.2 Å². The summed E-state index contributed by atoms with van der Waals surface area (Å²) >= 11 is 0. The van der Waals surface area contributed by atoms with Crippen LogP contribution in [0.3, 0.4) is 0 Å². The van der Waals surface area contributed by atoms with E-state index < -0.39 is 0 Å². The first-order valence-corrected chi connectivity index (χ1v) is 8.91. The van der Waals surface area contributed by atoms with Crippen molar-refractivity contribution in [3.63, 3.8) is 0 Å². The molecule has 0 N–H and O–H groups in total. The number of amides is 1. The molecule has 1 unspecified atom stereocenters. The van der Waals surface area contributed by atoms with Crippen molar-refractivity contribution >= 4 is 11.6 Å². The highest BCUT2D eigenvalue weighted by atomic mass is 16.5. The third kappa shape index (κ3) is 3.30. The molecule has 1 fully saturated rings. The lowest BCUT2D eigenvalue weighted by molar-refractivity contribution is -0.117. The average molecular weight is 363 g/mol. The maximum absolute atomic E-state index is 12.5. The summed E-state index contributed by atoms with van der Waals surface area (Å²) in [6.45, 7) is 4.64. The molecule has 0 aliphatic carbocycles. The second-order valence-electron chi connectivity index (χ2n) is 6.86. The van der Waals surface area contributed by atoms with E-state index >= 15 is 0 Å². The van der Waals surface area contributed by atoms with Gasteiger partial charge in [0, 0.05) is 36.2 Å². The fraction of sp³-hybridized carbons (Fsp3) is 0.286. The van der Waals surface area contributed by atoms with Gasteiger partial charge in [-0.05, 0) is 49.2 Å². The molecule has 6 heteroatoms. The van der Waals surface area contributed by atoms with Crippen molar-refractivity contribution in [3.05, 3.63) is 59.4 Å². The van der Waals surface area contributed by atoms with Crippen LogP contribution in [0.4, 0.5) is 5.69 Å². The Hall–Kier alpha value is -3.15. The molecule has 138 valence electrons. The van der Waals surface area contributed by atoms with E-state index in [1.807, 2.05) is 42.5 Å². The van der Waals surface area contributed by atoms with Gasteiger partial charge < -0.3 is 14.2 Å². The second kappa shape index (κ2) is 6.87. The molecular formula is C21H21N3O3. The first kappa shape index (κ1) is 17.3. The van der Waals surface area contributed by atoms with Crippen molar-refractivity contribution in [2.75, 3.05) is 18.6 Å². The van der Waals surface area contributed by atoms with Crippen LogP contribution in [0.5, 0.6) is 5.75 Å². The Kier molecular flexibility index (Phi) is 4.39. The number of aryl methyl sites for hydroxylation is 2. The molecule has 3 aromatic rings. The predicted molar refractivity (Wildman–Crippen MR) is 102 cm³/mol. The molecule has 1 aromatic heterocycles. The minimum absolute atomic E-state index is 0.0470. The summed E-state index contributed by atoms with van der Waals surface area (Å²) in [5, 5.41) is 4.13. The lowest BCUT2D eigenvalue weighted by atomic mass is 10.1. The van der Waals surface area contributed by atoms with Crippen LogP contribution in [0.2, 0.25) is 0 Å². The molecule has 0 saturated carbocycles. The maximum Gasteiger partial charge on any atom is 0.257 e. The normalized spacial score (nSPS) is 16.8. The van der Waals surface area contributed by atoms with Gasteiger partial charge in [0.05, 0.1) is 7.11 Å². The molecule has 2 heterocycles. The minimum atomic E-state index is -0.0900. The van der Waals surface area contributed by atoms with E-state index in [9.17, 15) is 4.79 Å². The number of hydrogen-bond acceptors (Lipinski definition) is 5. The summed E-state index contributed by atoms with van der Waals surface area (Å²) in [5.74, 6) is 1.74. The van der Waals surface area contributed by atoms with E-state index in [1.165, 1.54) is 11.1 Å². The third-order valence-corrected chi connectivity index (χ3v) is 5.05. The molecule has 1 aliphatic heterocycles. The van der Waals surface area contributed by atoms with Crippen LogP contribution < -0.4 is 9.64 Å². The maximum atomic E-state index is 12.5. The summed E-state index contributed by atoms with van der Waals surface area (Å²) in [6, 6.07) is 13.5. The van der Waals surface area contributed by atoms with Gasteiger partial charge >= 0.3 is 0 Å². The number of benzene rings is 2. The lowest BCUT2D eigenvalue weighted by Gasteiger charge is -2.16. The second-order valence-corrected chi connectivity index (χ2v) is 6.86. The van der Waals surface area contributed by atoms with E-state index in [-0.39, 0.29) is 11.8 Å². The highest BCUT2D eigenvalue weighted by Crippen LogP contribution is 2.33. The van der Waals surface area contributed by atoms with E-state index in [0.717, 1.165) is 17.0 Å². The monoisotopic (exact) mass is 363 g/mol. The fourth-order valence-electron chi connectivity index (χ4n) is 3.30. The fourth-order valence-corrected chi connectivity index (χ4v) is 3.30. The number of rotatable bonds is 4. The van der Waals surface area contributed by atoms with Crippen LogP contribution in [0.15, 0.2) is 47.0 Å². The van der Waals surface area contributed by atoms with Crippen molar-refractivity contribution in [1.29, 1.82) is 0 Å². The van der Waals surface area contributed by atoms with Gasteiger partial charge in [0.1, 0.15) is 5.75 Å². The third-order valence-electron chi connectivity index (χ3n) is 5.05. The molecule has 1 saturated heterocycles. The molecule has 4 rings (SSSR count). The van der Waals surface area contributed by atoms with E-state index in [4.69, 9.17) is 9.26 Å². The van der Waals surface area contributed by atoms with Crippen molar-refractivity contribution in [2.24, 2.45) is 0 Å². The van der Waals surface area contributed by atoms with Gasteiger partial charge in [-0.15, -0.1) is 0 Å². The largest absolute Gasteiger partial charge is 0.497 e. The summed E-state index contributed by atoms with van der Waals surface area (Å²) in [7, 11) is 1.61. The highest BCUT2D eigenvalue weighted by molar-refractivity contribution is 5.96. The smallest absolute Gasteiger partial charge is 0.257 e. The number of anilines is 1. The van der Waals surface area contributed by atoms with Gasteiger partial charge in [-0.25, -0.2) is 0 Å². The van der Waals surface area contributed by atoms with Crippen LogP contribution >= 0.6 is 0 Å². The standard InChI is InChI=1S/C21H21N3O3/c1-13-7-8-15(9-14(13)2)21-22-20(23-27-21)16-10-19(25)24(12-16)17-5-4-6-18(11-17)26-3/h4-9,11,16H,10,12H2,1-3H3. The number of carbonyl (C=O) groups is 1. The molecule has 27 heavy (non-hydrogen) atoms. The zero-order valence-corrected chi connectivity index (χ0v) is 15.6. The molecule has 1 atom stereocenters. The Morgan fingerprint density at radius 1 is 1.15 bits per heavy atom. The lowest BCUT2D eigenvalue weighted by Crippen LogP contribution is -2.24. The van der Waals surface area contributed by atoms with Crippen molar-refractivity contribution < 1.29 is 14.1 Å². The Bertz CT molecular complexity index is 996. The Labute approximate surface area is 157 Å². The van der Waals surface area contributed by atoms with Gasteiger partial charge in [0.25, 0.3) is 5.89 Å². The van der Waals surface area contributed by atoms with E-state index in [1.54, 1.807) is 12.0 Å². The molecule has 0 radical (unpaired) electrons. The SMILES string of the molecule is COc1cccc(N2CC(c3noc(-c4ccc(C)c(C)c4)n3)CC2=O)c1. The number of nitrogens with zero attached hydrogens (tertiary/aromatic N) is 3. The van der Waals surface area contributed by atoms with Gasteiger partial charge in [-0.1, -0.05) is 17.3 Å². The first-order chi connectivity index (χ1) is 13.0. The molecule has 0 spiro atoms. The Morgan fingerprint density at radius 3 is 2.78 bits per heavy atom. The van der Waals surface area contributed by atoms with E-state index in [0.29, 0.717) is 24.7 Å². The van der Waals surface area contributed by atoms with Gasteiger partial charge in [-0.2, -0.15) is 4.98 Å². The van der Waals surface area contributed by atoms with Crippen LogP contribution in [0.1, 0.15) is 29.3 Å². The van der Waals surface area contributed by atoms with Crippen LogP contribution in [0, 0.1) is 13.8 Å². The number of methoxy groups -OCH3 is 1. The summed E-state index contributed by atoms with van der Waals surface area (Å²) < 4.78 is 10.7. The van der Waals surface area contributed by atoms with Gasteiger partial charge in [0.2, 0.25) is 5.91 Å². The number of hydrogen-bond donors (Lipinski definition) is 0. The summed E-state index contributed by atoms with van der Waals surface area (Å²) in [5.41, 5.74) is 4.10. The molecular weight excluding hydrogens is 342 g/mol. The van der Waals surface area contributed by atoms with Crippen LogP contribution in [-0.2, 0) is 4.79 Å². The quantitative estimate of drug-likeness (QED) is 0.703. The molecule has 1 aliphatic rings. The molecule has 0 bridgehead atoms. The Morgan fingerprint density at radius 2 is 2.00 bits per heavy atom. The van der Waals surface area contributed by atoms with Crippen LogP contribution in [0.25, 0.3) is 11.5 Å². The zero-order valence-electron chi connectivity index (χ0n) is 15.6. The molecule has 2 aromatic carbocycles. The van der Waals surface area contributed by atoms with Gasteiger partial charge in [0.15, 0.2) is 5.82 Å². The summed E-state index contributed by atoms with van der Waals surface area (Å²) in [6.07, 6.45) is 0.364. The van der Waals surface area contributed by atoms with Gasteiger partial charge in [-0.3, -0.25) is 4.79 Å². The van der Waals surface area contributed by atoms with Crippen molar-refractivity contribution in [2.45, 2.75) is 26.2 Å². The van der Waals surface area contributed by atoms with Crippen molar-refractivity contribution in [1.82, 2.24) is 10.1 Å². The van der Waals surface area contributed by atoms with Crippen LogP contribution in [-0.4, -0.2) is 29.7 Å². The predicted octanol–water partition coefficient (Wildman–Crippen LogP) is 3.88. The summed E-state index contributed by atoms with van der Waals surface area (Å²) in [4.78, 5) is 18.8. The topological polar surface area (TPSA) is 68.5 Å². The highest BCUT2D eigenvalue weighted by Gasteiger charge is 2.34. The molecule has 6 nitrogen and oxygen atoms in total. The minimum Gasteiger partial charge on any atom is -0.497 e.